The molecule has 0 aliphatic carbocycles. The molecule has 0 atom stereocenters. The van der Waals surface area contributed by atoms with Gasteiger partial charge in [-0.25, -0.2) is 0 Å². The van der Waals surface area contributed by atoms with Crippen molar-refractivity contribution in [1.29, 1.82) is 0 Å². The monoisotopic (exact) mass is 502 g/mol. The lowest BCUT2D eigenvalue weighted by molar-refractivity contribution is 0.101. The van der Waals surface area contributed by atoms with Crippen LogP contribution in [-0.4, -0.2) is 12.4 Å². The number of benzene rings is 4. The van der Waals surface area contributed by atoms with E-state index in [1.807, 2.05) is 24.3 Å². The van der Waals surface area contributed by atoms with E-state index in [1.54, 1.807) is 6.92 Å². The predicted molar refractivity (Wildman–Crippen MR) is 160 cm³/mol. The van der Waals surface area contributed by atoms with Gasteiger partial charge in [0.25, 0.3) is 0 Å². The molecule has 0 aromatic heterocycles. The van der Waals surface area contributed by atoms with Crippen LogP contribution in [0.25, 0.3) is 16.7 Å². The molecule has 4 rings (SSSR count). The van der Waals surface area contributed by atoms with Crippen LogP contribution in [0.15, 0.2) is 104 Å². The number of carbonyl (C=O) groups is 1. The SMILES string of the molecule is C=C(CCC)c1ccc(OCCCc2ccc(CCc3ccc(-c4ccccc4)cc3)cc2)c(C(C)=O)c1. The number of carbonyl (C=O) groups excluding carboxylic acids is 1. The summed E-state index contributed by atoms with van der Waals surface area (Å²) in [7, 11) is 0. The van der Waals surface area contributed by atoms with Gasteiger partial charge in [-0.2, -0.15) is 0 Å². The first-order valence-corrected chi connectivity index (χ1v) is 13.7. The Bertz CT molecular complexity index is 1330. The molecule has 0 saturated heterocycles. The van der Waals surface area contributed by atoms with Crippen molar-refractivity contribution in [3.8, 4) is 16.9 Å². The number of Topliss-reactive ketones (excluding diaryl/α,β-unsaturated/α-hetero) is 1. The highest BCUT2D eigenvalue weighted by Gasteiger charge is 2.11. The van der Waals surface area contributed by atoms with Crippen molar-refractivity contribution < 1.29 is 9.53 Å². The molecule has 2 heteroatoms. The van der Waals surface area contributed by atoms with Crippen LogP contribution in [0.1, 0.15) is 65.7 Å². The zero-order valence-corrected chi connectivity index (χ0v) is 22.7. The minimum absolute atomic E-state index is 0.0221. The zero-order valence-electron chi connectivity index (χ0n) is 22.7. The van der Waals surface area contributed by atoms with E-state index in [0.717, 1.165) is 49.7 Å². The Morgan fingerprint density at radius 1 is 0.737 bits per heavy atom. The second kappa shape index (κ2) is 13.6. The number of ketones is 1. The van der Waals surface area contributed by atoms with Gasteiger partial charge in [-0.1, -0.05) is 105 Å². The van der Waals surface area contributed by atoms with E-state index in [0.29, 0.717) is 17.9 Å². The highest BCUT2D eigenvalue weighted by Crippen LogP contribution is 2.26. The molecule has 0 N–H and O–H groups in total. The number of hydrogen-bond donors (Lipinski definition) is 0. The van der Waals surface area contributed by atoms with E-state index < -0.39 is 0 Å². The Balaban J connectivity index is 1.23. The lowest BCUT2D eigenvalue weighted by atomic mass is 9.99. The number of rotatable bonds is 13. The van der Waals surface area contributed by atoms with Crippen LogP contribution in [-0.2, 0) is 19.3 Å². The van der Waals surface area contributed by atoms with Crippen LogP contribution < -0.4 is 4.74 Å². The van der Waals surface area contributed by atoms with E-state index in [2.05, 4.69) is 86.3 Å². The first-order chi connectivity index (χ1) is 18.5. The topological polar surface area (TPSA) is 26.3 Å². The largest absolute Gasteiger partial charge is 0.493 e. The van der Waals surface area contributed by atoms with E-state index in [-0.39, 0.29) is 5.78 Å². The molecule has 0 unspecified atom stereocenters. The summed E-state index contributed by atoms with van der Waals surface area (Å²) in [6.45, 7) is 8.45. The first kappa shape index (κ1) is 27.1. The molecule has 0 heterocycles. The van der Waals surface area contributed by atoms with Gasteiger partial charge in [0.05, 0.1) is 12.2 Å². The molecule has 0 saturated carbocycles. The van der Waals surface area contributed by atoms with Crippen molar-refractivity contribution in [2.75, 3.05) is 6.61 Å². The van der Waals surface area contributed by atoms with E-state index in [4.69, 9.17) is 4.74 Å². The average molecular weight is 503 g/mol. The third-order valence-electron chi connectivity index (χ3n) is 6.97. The zero-order chi connectivity index (χ0) is 26.7. The lowest BCUT2D eigenvalue weighted by Crippen LogP contribution is -2.05. The van der Waals surface area contributed by atoms with Crippen LogP contribution in [0.5, 0.6) is 5.75 Å². The Morgan fingerprint density at radius 2 is 1.32 bits per heavy atom. The molecule has 0 amide bonds. The summed E-state index contributed by atoms with van der Waals surface area (Å²) in [5, 5.41) is 0. The second-order valence-corrected chi connectivity index (χ2v) is 9.95. The average Bonchev–Trinajstić information content (AvgIpc) is 2.95. The van der Waals surface area contributed by atoms with Crippen molar-refractivity contribution in [2.45, 2.75) is 52.4 Å². The summed E-state index contributed by atoms with van der Waals surface area (Å²) in [6.07, 6.45) is 5.87. The van der Waals surface area contributed by atoms with Gasteiger partial charge in [0.1, 0.15) is 5.75 Å². The molecule has 194 valence electrons. The highest BCUT2D eigenvalue weighted by atomic mass is 16.5. The second-order valence-electron chi connectivity index (χ2n) is 9.95. The Hall–Kier alpha value is -3.91. The van der Waals surface area contributed by atoms with E-state index in [9.17, 15) is 4.79 Å². The normalized spacial score (nSPS) is 10.8. The minimum Gasteiger partial charge on any atom is -0.493 e. The summed E-state index contributed by atoms with van der Waals surface area (Å²) in [5.74, 6) is 0.687. The minimum atomic E-state index is 0.0221. The van der Waals surface area contributed by atoms with Gasteiger partial charge in [0.15, 0.2) is 5.78 Å². The number of allylic oxidation sites excluding steroid dienone is 1. The summed E-state index contributed by atoms with van der Waals surface area (Å²) in [5.41, 5.74) is 9.26. The fraction of sp³-hybridized carbons (Fsp3) is 0.250. The summed E-state index contributed by atoms with van der Waals surface area (Å²) in [4.78, 5) is 12.2. The van der Waals surface area contributed by atoms with Gasteiger partial charge in [0, 0.05) is 0 Å². The molecular weight excluding hydrogens is 464 g/mol. The molecule has 38 heavy (non-hydrogen) atoms. The van der Waals surface area contributed by atoms with E-state index in [1.165, 1.54) is 27.8 Å². The Morgan fingerprint density at radius 3 is 1.92 bits per heavy atom. The number of ether oxygens (including phenoxy) is 1. The fourth-order valence-electron chi connectivity index (χ4n) is 4.71. The van der Waals surface area contributed by atoms with Gasteiger partial charge in [-0.3, -0.25) is 4.79 Å². The van der Waals surface area contributed by atoms with E-state index >= 15 is 0 Å². The molecule has 0 bridgehead atoms. The summed E-state index contributed by atoms with van der Waals surface area (Å²) in [6, 6.07) is 34.2. The van der Waals surface area contributed by atoms with Crippen LogP contribution in [0.4, 0.5) is 0 Å². The van der Waals surface area contributed by atoms with Crippen molar-refractivity contribution in [2.24, 2.45) is 0 Å². The molecular formula is C36H38O2. The van der Waals surface area contributed by atoms with Crippen LogP contribution in [0.2, 0.25) is 0 Å². The van der Waals surface area contributed by atoms with Gasteiger partial charge < -0.3 is 4.74 Å². The van der Waals surface area contributed by atoms with Crippen LogP contribution >= 0.6 is 0 Å². The maximum absolute atomic E-state index is 12.2. The molecule has 4 aromatic rings. The summed E-state index contributed by atoms with van der Waals surface area (Å²) >= 11 is 0. The highest BCUT2D eigenvalue weighted by molar-refractivity contribution is 5.97. The van der Waals surface area contributed by atoms with Gasteiger partial charge in [-0.15, -0.1) is 0 Å². The first-order valence-electron chi connectivity index (χ1n) is 13.7. The Kier molecular flexibility index (Phi) is 9.70. The maximum atomic E-state index is 12.2. The van der Waals surface area contributed by atoms with Crippen LogP contribution in [0, 0.1) is 0 Å². The molecule has 0 spiro atoms. The summed E-state index contributed by atoms with van der Waals surface area (Å²) < 4.78 is 6.01. The quantitative estimate of drug-likeness (QED) is 0.135. The molecule has 0 aliphatic rings. The third-order valence-corrected chi connectivity index (χ3v) is 6.97. The smallest absolute Gasteiger partial charge is 0.163 e. The molecule has 0 aliphatic heterocycles. The van der Waals surface area contributed by atoms with Gasteiger partial charge >= 0.3 is 0 Å². The number of aryl methyl sites for hydroxylation is 3. The maximum Gasteiger partial charge on any atom is 0.163 e. The third kappa shape index (κ3) is 7.55. The molecule has 0 fully saturated rings. The Labute approximate surface area is 228 Å². The van der Waals surface area contributed by atoms with Crippen molar-refractivity contribution in [1.82, 2.24) is 0 Å². The standard InChI is InChI=1S/C36H38O2/c1-4-9-27(2)34-23-24-36(35(26-34)28(3)37)38-25-8-10-29-13-15-30(16-14-29)17-18-31-19-21-33(22-20-31)32-11-6-5-7-12-32/h5-7,11-16,19-24,26H,2,4,8-10,17-18,25H2,1,3H3. The van der Waals surface area contributed by atoms with Gasteiger partial charge in [0.2, 0.25) is 0 Å². The van der Waals surface area contributed by atoms with Crippen molar-refractivity contribution in [3.05, 3.63) is 131 Å². The predicted octanol–water partition coefficient (Wildman–Crippen LogP) is 9.17. The van der Waals surface area contributed by atoms with Crippen molar-refractivity contribution >= 4 is 11.4 Å². The van der Waals surface area contributed by atoms with Gasteiger partial charge in [-0.05, 0) is 90.1 Å². The molecule has 2 nitrogen and oxygen atoms in total. The van der Waals surface area contributed by atoms with Crippen LogP contribution in [0.3, 0.4) is 0 Å². The number of hydrogen-bond acceptors (Lipinski definition) is 2. The molecule has 0 radical (unpaired) electrons. The molecule has 4 aromatic carbocycles. The lowest BCUT2D eigenvalue weighted by Gasteiger charge is -2.13. The van der Waals surface area contributed by atoms with Crippen molar-refractivity contribution in [3.63, 3.8) is 0 Å². The fourth-order valence-corrected chi connectivity index (χ4v) is 4.71.